The fraction of sp³-hybridized carbons (Fsp3) is 0.706. The van der Waals surface area contributed by atoms with Crippen LogP contribution in [-0.2, 0) is 6.42 Å². The summed E-state index contributed by atoms with van der Waals surface area (Å²) in [6.45, 7) is 4.56. The summed E-state index contributed by atoms with van der Waals surface area (Å²) in [5.41, 5.74) is 3.94. The van der Waals surface area contributed by atoms with Crippen molar-refractivity contribution in [2.45, 2.75) is 65.2 Å². The van der Waals surface area contributed by atoms with Crippen LogP contribution in [0.1, 0.15) is 63.1 Å². The van der Waals surface area contributed by atoms with Gasteiger partial charge in [0.1, 0.15) is 0 Å². The molecule has 0 amide bonds. The fourth-order valence-corrected chi connectivity index (χ4v) is 3.88. The maximum Gasteiger partial charge on any atom is 0.0372 e. The van der Waals surface area contributed by atoms with Crippen molar-refractivity contribution in [3.8, 4) is 0 Å². The molecule has 0 unspecified atom stereocenters. The van der Waals surface area contributed by atoms with E-state index in [-0.39, 0.29) is 0 Å². The van der Waals surface area contributed by atoms with E-state index in [9.17, 15) is 0 Å². The van der Waals surface area contributed by atoms with E-state index in [1.807, 2.05) is 0 Å². The maximum absolute atomic E-state index is 4.41. The summed E-state index contributed by atoms with van der Waals surface area (Å²) >= 11 is 0. The highest BCUT2D eigenvalue weighted by molar-refractivity contribution is 5.14. The third-order valence-corrected chi connectivity index (χ3v) is 5.69. The molecule has 1 heterocycles. The molecule has 1 aromatic heterocycles. The molecule has 4 rings (SSSR count). The molecule has 0 aromatic carbocycles. The van der Waals surface area contributed by atoms with E-state index >= 15 is 0 Å². The lowest BCUT2D eigenvalue weighted by molar-refractivity contribution is -0.00227. The summed E-state index contributed by atoms with van der Waals surface area (Å²) in [6, 6.07) is 4.40. The first kappa shape index (κ1) is 12.2. The predicted molar refractivity (Wildman–Crippen MR) is 75.5 cm³/mol. The first-order valence-electron chi connectivity index (χ1n) is 7.51. The number of nitrogens with zero attached hydrogens (tertiary/aromatic N) is 1. The zero-order chi connectivity index (χ0) is 12.6. The summed E-state index contributed by atoms with van der Waals surface area (Å²) in [6.07, 6.45) is 13.5. The quantitative estimate of drug-likeness (QED) is 0.751. The Balaban J connectivity index is 1.62. The van der Waals surface area contributed by atoms with Gasteiger partial charge in [0.15, 0.2) is 0 Å². The Bertz CT molecular complexity index is 393. The van der Waals surface area contributed by atoms with Gasteiger partial charge in [0.05, 0.1) is 0 Å². The average Bonchev–Trinajstić information content (AvgIpc) is 2.40. The molecule has 0 spiro atoms. The summed E-state index contributed by atoms with van der Waals surface area (Å²) in [5, 5.41) is 0. The molecular weight excluding hydrogens is 218 g/mol. The van der Waals surface area contributed by atoms with Crippen molar-refractivity contribution < 1.29 is 0 Å². The van der Waals surface area contributed by atoms with Crippen LogP contribution in [0.4, 0.5) is 0 Å². The monoisotopic (exact) mass is 243 g/mol. The van der Waals surface area contributed by atoms with Crippen molar-refractivity contribution in [3.05, 3.63) is 29.6 Å². The zero-order valence-electron chi connectivity index (χ0n) is 11.8. The third-order valence-electron chi connectivity index (χ3n) is 5.69. The normalized spacial score (nSPS) is 34.8. The molecule has 3 saturated carbocycles. The molecular formula is C17H25N. The largest absolute Gasteiger partial charge is 0.261 e. The predicted octanol–water partition coefficient (Wildman–Crippen LogP) is 4.68. The lowest BCUT2D eigenvalue weighted by Gasteiger charge is -2.52. The average molecular weight is 243 g/mol. The Morgan fingerprint density at radius 2 is 1.72 bits per heavy atom. The summed E-state index contributed by atoms with van der Waals surface area (Å²) in [7, 11) is 0. The van der Waals surface area contributed by atoms with Gasteiger partial charge in [-0.2, -0.15) is 0 Å². The van der Waals surface area contributed by atoms with Gasteiger partial charge in [-0.05, 0) is 80.8 Å². The number of rotatable bonds is 3. The van der Waals surface area contributed by atoms with E-state index in [4.69, 9.17) is 0 Å². The van der Waals surface area contributed by atoms with Crippen LogP contribution in [0.25, 0.3) is 0 Å². The highest BCUT2D eigenvalue weighted by atomic mass is 14.7. The summed E-state index contributed by atoms with van der Waals surface area (Å²) < 4.78 is 0. The number of aromatic nitrogens is 1. The molecule has 3 aliphatic carbocycles. The van der Waals surface area contributed by atoms with E-state index in [0.717, 1.165) is 5.69 Å². The van der Waals surface area contributed by atoms with Crippen LogP contribution in [-0.4, -0.2) is 4.98 Å². The topological polar surface area (TPSA) is 12.9 Å². The van der Waals surface area contributed by atoms with Gasteiger partial charge in [-0.15, -0.1) is 0 Å². The van der Waals surface area contributed by atoms with Crippen LogP contribution in [0.5, 0.6) is 0 Å². The standard InChI is InChI=1S/C17H25N/c1-14-3-4-15(13-18-14)5-6-17-10-7-16(2,8-11-17)9-12-17/h3-4,13H,5-12H2,1-2H3. The van der Waals surface area contributed by atoms with Crippen molar-refractivity contribution in [2.24, 2.45) is 10.8 Å². The van der Waals surface area contributed by atoms with Gasteiger partial charge in [0.2, 0.25) is 0 Å². The Hall–Kier alpha value is -0.850. The minimum absolute atomic E-state index is 0.683. The first-order chi connectivity index (χ1) is 8.59. The van der Waals surface area contributed by atoms with E-state index < -0.39 is 0 Å². The third kappa shape index (κ3) is 2.32. The number of hydrogen-bond donors (Lipinski definition) is 0. The second kappa shape index (κ2) is 4.36. The Kier molecular flexibility index (Phi) is 2.96. The van der Waals surface area contributed by atoms with Gasteiger partial charge in [-0.3, -0.25) is 4.98 Å². The number of aryl methyl sites for hydroxylation is 2. The molecule has 3 aliphatic rings. The molecule has 1 nitrogen and oxygen atoms in total. The van der Waals surface area contributed by atoms with Gasteiger partial charge < -0.3 is 0 Å². The van der Waals surface area contributed by atoms with Crippen LogP contribution < -0.4 is 0 Å². The van der Waals surface area contributed by atoms with Gasteiger partial charge in [-0.1, -0.05) is 13.0 Å². The Labute approximate surface area is 111 Å². The smallest absolute Gasteiger partial charge is 0.0372 e. The molecule has 0 saturated heterocycles. The summed E-state index contributed by atoms with van der Waals surface area (Å²) in [4.78, 5) is 4.41. The minimum atomic E-state index is 0.683. The molecule has 98 valence electrons. The second-order valence-electron chi connectivity index (χ2n) is 7.12. The van der Waals surface area contributed by atoms with Crippen molar-refractivity contribution in [1.29, 1.82) is 0 Å². The molecule has 0 atom stereocenters. The summed E-state index contributed by atoms with van der Waals surface area (Å²) in [5.74, 6) is 0. The maximum atomic E-state index is 4.41. The molecule has 0 N–H and O–H groups in total. The molecule has 0 radical (unpaired) electrons. The van der Waals surface area contributed by atoms with Crippen LogP contribution in [0.2, 0.25) is 0 Å². The van der Waals surface area contributed by atoms with Gasteiger partial charge in [0, 0.05) is 11.9 Å². The van der Waals surface area contributed by atoms with Gasteiger partial charge >= 0.3 is 0 Å². The number of pyridine rings is 1. The van der Waals surface area contributed by atoms with Gasteiger partial charge in [0.25, 0.3) is 0 Å². The molecule has 1 aromatic rings. The van der Waals surface area contributed by atoms with E-state index in [2.05, 4.69) is 37.2 Å². The van der Waals surface area contributed by atoms with Crippen molar-refractivity contribution in [2.75, 3.05) is 0 Å². The Morgan fingerprint density at radius 1 is 1.06 bits per heavy atom. The number of hydrogen-bond acceptors (Lipinski definition) is 1. The molecule has 0 aliphatic heterocycles. The van der Waals surface area contributed by atoms with Crippen LogP contribution >= 0.6 is 0 Å². The highest BCUT2D eigenvalue weighted by Crippen LogP contribution is 2.58. The lowest BCUT2D eigenvalue weighted by atomic mass is 9.53. The van der Waals surface area contributed by atoms with Crippen molar-refractivity contribution >= 4 is 0 Å². The van der Waals surface area contributed by atoms with Crippen molar-refractivity contribution in [3.63, 3.8) is 0 Å². The number of fused-ring (bicyclic) bond motifs is 3. The molecule has 18 heavy (non-hydrogen) atoms. The van der Waals surface area contributed by atoms with Crippen LogP contribution in [0.15, 0.2) is 18.3 Å². The van der Waals surface area contributed by atoms with E-state index in [1.165, 1.54) is 56.9 Å². The SMILES string of the molecule is Cc1ccc(CCC23CCC(C)(CC2)CC3)cn1. The lowest BCUT2D eigenvalue weighted by Crippen LogP contribution is -2.40. The van der Waals surface area contributed by atoms with E-state index in [0.29, 0.717) is 10.8 Å². The molecule has 3 fully saturated rings. The van der Waals surface area contributed by atoms with Crippen LogP contribution in [0.3, 0.4) is 0 Å². The zero-order valence-corrected chi connectivity index (χ0v) is 11.8. The highest BCUT2D eigenvalue weighted by Gasteiger charge is 2.45. The molecule has 1 heteroatoms. The van der Waals surface area contributed by atoms with Crippen LogP contribution in [0, 0.1) is 17.8 Å². The van der Waals surface area contributed by atoms with Crippen molar-refractivity contribution in [1.82, 2.24) is 4.98 Å². The first-order valence-corrected chi connectivity index (χ1v) is 7.51. The molecule has 2 bridgehead atoms. The second-order valence-corrected chi connectivity index (χ2v) is 7.12. The van der Waals surface area contributed by atoms with E-state index in [1.54, 1.807) is 0 Å². The minimum Gasteiger partial charge on any atom is -0.261 e. The Morgan fingerprint density at radius 3 is 2.28 bits per heavy atom. The fourth-order valence-electron chi connectivity index (χ4n) is 3.88. The van der Waals surface area contributed by atoms with Gasteiger partial charge in [-0.25, -0.2) is 0 Å².